The van der Waals surface area contributed by atoms with Crippen molar-refractivity contribution in [2.45, 2.75) is 18.6 Å². The first-order valence-corrected chi connectivity index (χ1v) is 8.94. The van der Waals surface area contributed by atoms with Crippen LogP contribution in [0.4, 0.5) is 0 Å². The minimum Gasteiger partial charge on any atom is -0.491 e. The summed E-state index contributed by atoms with van der Waals surface area (Å²) in [6, 6.07) is 8.19. The Morgan fingerprint density at radius 1 is 1.19 bits per heavy atom. The quantitative estimate of drug-likeness (QED) is 0.301. The van der Waals surface area contributed by atoms with Gasteiger partial charge in [0.05, 0.1) is 13.7 Å². The Morgan fingerprint density at radius 2 is 1.96 bits per heavy atom. The van der Waals surface area contributed by atoms with E-state index in [9.17, 15) is 0 Å². The number of ether oxygens (including phenoxy) is 1. The molecule has 2 atom stereocenters. The van der Waals surface area contributed by atoms with Gasteiger partial charge in [-0.1, -0.05) is 12.1 Å². The van der Waals surface area contributed by atoms with Crippen LogP contribution < -0.4 is 10.1 Å². The number of hydrogen-bond acceptors (Lipinski definition) is 8. The van der Waals surface area contributed by atoms with Gasteiger partial charge in [0.15, 0.2) is 0 Å². The Bertz CT molecular complexity index is 487. The van der Waals surface area contributed by atoms with E-state index >= 15 is 0 Å². The molecule has 0 radical (unpaired) electrons. The molecule has 2 N–H and O–H groups in total. The third-order valence-electron chi connectivity index (χ3n) is 4.23. The van der Waals surface area contributed by atoms with Crippen LogP contribution in [0.3, 0.4) is 0 Å². The number of aliphatic hydroxyl groups excluding tert-OH is 1. The molecular weight excluding hydrogens is 340 g/mol. The van der Waals surface area contributed by atoms with Crippen LogP contribution in [0, 0.1) is 0 Å². The number of likely N-dealkylation sites (N-methyl/N-ethyl adjacent to an activating group) is 1. The van der Waals surface area contributed by atoms with Crippen molar-refractivity contribution in [2.24, 2.45) is 0 Å². The molecular formula is C18H30N2O6. The maximum Gasteiger partial charge on any atom is 0.119 e. The highest BCUT2D eigenvalue weighted by atomic mass is 17.2. The monoisotopic (exact) mass is 370 g/mol. The summed E-state index contributed by atoms with van der Waals surface area (Å²) in [5.74, 6) is 0.766. The van der Waals surface area contributed by atoms with Crippen LogP contribution in [0.5, 0.6) is 5.75 Å². The Kier molecular flexibility index (Phi) is 9.86. The number of benzene rings is 1. The average molecular weight is 370 g/mol. The Hall–Kier alpha value is -1.26. The van der Waals surface area contributed by atoms with E-state index in [0.717, 1.165) is 31.8 Å². The molecule has 0 saturated carbocycles. The molecule has 26 heavy (non-hydrogen) atoms. The van der Waals surface area contributed by atoms with Gasteiger partial charge in [-0.3, -0.25) is 4.90 Å². The van der Waals surface area contributed by atoms with Crippen molar-refractivity contribution in [3.8, 4) is 5.75 Å². The molecule has 2 unspecified atom stereocenters. The number of nitrogens with zero attached hydrogens (tertiary/aromatic N) is 1. The largest absolute Gasteiger partial charge is 0.491 e. The van der Waals surface area contributed by atoms with Crippen molar-refractivity contribution in [2.75, 3.05) is 60.2 Å². The lowest BCUT2D eigenvalue weighted by atomic mass is 10.1. The van der Waals surface area contributed by atoms with E-state index in [0.29, 0.717) is 19.8 Å². The molecule has 2 rings (SSSR count). The highest BCUT2D eigenvalue weighted by Crippen LogP contribution is 2.21. The van der Waals surface area contributed by atoms with E-state index in [4.69, 9.17) is 24.5 Å². The number of nitrogens with one attached hydrogen (secondary N) is 1. The summed E-state index contributed by atoms with van der Waals surface area (Å²) in [5, 5.41) is 12.2. The lowest BCUT2D eigenvalue weighted by molar-refractivity contribution is -0.348. The molecule has 1 aliphatic rings. The number of hydrogen-bond donors (Lipinski definition) is 2. The van der Waals surface area contributed by atoms with Crippen LogP contribution in [0.25, 0.3) is 0 Å². The topological polar surface area (TPSA) is 81.7 Å². The van der Waals surface area contributed by atoms with Gasteiger partial charge in [-0.05, 0) is 31.2 Å². The Balaban J connectivity index is 1.74. The van der Waals surface area contributed by atoms with Gasteiger partial charge in [0.25, 0.3) is 0 Å². The van der Waals surface area contributed by atoms with Crippen molar-refractivity contribution in [3.63, 3.8) is 0 Å². The molecule has 1 aromatic carbocycles. The second-order valence-corrected chi connectivity index (χ2v) is 6.06. The van der Waals surface area contributed by atoms with Crippen molar-refractivity contribution < 1.29 is 29.4 Å². The van der Waals surface area contributed by atoms with Gasteiger partial charge in [0.2, 0.25) is 0 Å². The summed E-state index contributed by atoms with van der Waals surface area (Å²) >= 11 is 0. The van der Waals surface area contributed by atoms with E-state index in [2.05, 4.69) is 27.2 Å². The van der Waals surface area contributed by atoms with E-state index < -0.39 is 0 Å². The van der Waals surface area contributed by atoms with Crippen LogP contribution in [-0.2, 0) is 19.6 Å². The smallest absolute Gasteiger partial charge is 0.119 e. The summed E-state index contributed by atoms with van der Waals surface area (Å²) in [6.45, 7) is 3.70. The minimum atomic E-state index is 0.0161. The third kappa shape index (κ3) is 7.16. The van der Waals surface area contributed by atoms with Crippen LogP contribution in [0.1, 0.15) is 18.0 Å². The average Bonchev–Trinajstić information content (AvgIpc) is 3.12. The second kappa shape index (κ2) is 12.2. The fraction of sp³-hybridized carbons (Fsp3) is 0.667. The Morgan fingerprint density at radius 3 is 2.65 bits per heavy atom. The zero-order valence-corrected chi connectivity index (χ0v) is 15.6. The SMILES string of the molecule is CNC(CN1CCC(OOCCOOC)C1)c1ccc(OCCO)cc1. The summed E-state index contributed by atoms with van der Waals surface area (Å²) in [6.07, 6.45) is 1.01. The molecule has 1 fully saturated rings. The molecule has 8 heteroatoms. The van der Waals surface area contributed by atoms with Crippen LogP contribution >= 0.6 is 0 Å². The number of rotatable bonds is 13. The molecule has 148 valence electrons. The predicted octanol–water partition coefficient (Wildman–Crippen LogP) is 0.919. The summed E-state index contributed by atoms with van der Waals surface area (Å²) in [4.78, 5) is 22.1. The number of aliphatic hydroxyl groups is 1. The van der Waals surface area contributed by atoms with Gasteiger partial charge < -0.3 is 15.2 Å². The first-order valence-electron chi connectivity index (χ1n) is 8.94. The first-order chi connectivity index (χ1) is 12.8. The van der Waals surface area contributed by atoms with Gasteiger partial charge in [0.1, 0.15) is 31.7 Å². The van der Waals surface area contributed by atoms with Crippen LogP contribution in [0.15, 0.2) is 24.3 Å². The molecule has 1 aliphatic heterocycles. The maximum atomic E-state index is 8.81. The lowest BCUT2D eigenvalue weighted by Crippen LogP contribution is -2.33. The minimum absolute atomic E-state index is 0.0161. The molecule has 0 amide bonds. The number of likely N-dealkylation sites (tertiary alicyclic amines) is 1. The molecule has 0 aromatic heterocycles. The fourth-order valence-corrected chi connectivity index (χ4v) is 2.92. The van der Waals surface area contributed by atoms with Crippen molar-refractivity contribution in [1.82, 2.24) is 10.2 Å². The van der Waals surface area contributed by atoms with E-state index in [1.54, 1.807) is 0 Å². The molecule has 1 aromatic rings. The highest BCUT2D eigenvalue weighted by Gasteiger charge is 2.26. The fourth-order valence-electron chi connectivity index (χ4n) is 2.92. The van der Waals surface area contributed by atoms with Crippen molar-refractivity contribution in [1.29, 1.82) is 0 Å². The molecule has 0 spiro atoms. The molecule has 8 nitrogen and oxygen atoms in total. The first kappa shape index (κ1) is 21.0. The van der Waals surface area contributed by atoms with Gasteiger partial charge >= 0.3 is 0 Å². The molecule has 1 saturated heterocycles. The van der Waals surface area contributed by atoms with Gasteiger partial charge in [-0.25, -0.2) is 19.6 Å². The Labute approximate surface area is 154 Å². The maximum absolute atomic E-state index is 8.81. The highest BCUT2D eigenvalue weighted by molar-refractivity contribution is 5.29. The zero-order chi connectivity index (χ0) is 18.6. The molecule has 0 aliphatic carbocycles. The van der Waals surface area contributed by atoms with Gasteiger partial charge in [0, 0.05) is 25.7 Å². The van der Waals surface area contributed by atoms with Gasteiger partial charge in [-0.15, -0.1) is 0 Å². The van der Waals surface area contributed by atoms with E-state index in [1.165, 1.54) is 12.7 Å². The zero-order valence-electron chi connectivity index (χ0n) is 15.6. The normalized spacial score (nSPS) is 19.0. The van der Waals surface area contributed by atoms with Crippen molar-refractivity contribution >= 4 is 0 Å². The standard InChI is InChI=1S/C18H30N2O6/c1-19-18(15-3-5-16(6-4-15)23-10-9-21)14-20-8-7-17(13-20)26-25-12-11-24-22-2/h3-6,17-19,21H,7-14H2,1-2H3. The lowest BCUT2D eigenvalue weighted by Gasteiger charge is -2.24. The molecule has 1 heterocycles. The van der Waals surface area contributed by atoms with E-state index in [-0.39, 0.29) is 18.8 Å². The van der Waals surface area contributed by atoms with Crippen LogP contribution in [-0.4, -0.2) is 76.3 Å². The molecule has 0 bridgehead atoms. The second-order valence-electron chi connectivity index (χ2n) is 6.06. The summed E-state index contributed by atoms with van der Waals surface area (Å²) in [5.41, 5.74) is 1.20. The van der Waals surface area contributed by atoms with Crippen LogP contribution in [0.2, 0.25) is 0 Å². The van der Waals surface area contributed by atoms with Gasteiger partial charge in [-0.2, -0.15) is 0 Å². The van der Waals surface area contributed by atoms with Crippen molar-refractivity contribution in [3.05, 3.63) is 29.8 Å². The van der Waals surface area contributed by atoms with E-state index in [1.807, 2.05) is 19.2 Å². The summed E-state index contributed by atoms with van der Waals surface area (Å²) < 4.78 is 5.41. The summed E-state index contributed by atoms with van der Waals surface area (Å²) in [7, 11) is 3.42. The third-order valence-corrected chi connectivity index (χ3v) is 4.23. The predicted molar refractivity (Wildman–Crippen MR) is 95.7 cm³/mol.